The lowest BCUT2D eigenvalue weighted by Gasteiger charge is -2.15. The number of nitro groups is 2. The number of para-hydroxylation sites is 1. The van der Waals surface area contributed by atoms with Gasteiger partial charge in [-0.25, -0.2) is 4.99 Å². The van der Waals surface area contributed by atoms with Gasteiger partial charge in [0.05, 0.1) is 32.1 Å². The maximum atomic E-state index is 13.6. The monoisotopic (exact) mass is 557 g/mol. The van der Waals surface area contributed by atoms with Crippen LogP contribution in [0, 0.1) is 20.2 Å². The summed E-state index contributed by atoms with van der Waals surface area (Å²) in [7, 11) is 0. The minimum absolute atomic E-state index is 0.0478. The van der Waals surface area contributed by atoms with Crippen LogP contribution < -0.4 is 9.47 Å². The molecule has 1 amide bonds. The van der Waals surface area contributed by atoms with Crippen molar-refractivity contribution < 1.29 is 24.1 Å². The zero-order chi connectivity index (χ0) is 27.8. The number of benzene rings is 3. The number of aromatic amines is 1. The molecule has 13 heteroatoms. The molecule has 1 N–H and O–H groups in total. The molecule has 1 aromatic heterocycles. The Balaban J connectivity index is 1.36. The maximum absolute atomic E-state index is 13.6. The van der Waals surface area contributed by atoms with Gasteiger partial charge in [0.25, 0.3) is 17.3 Å². The number of hydrogen-bond donors (Lipinski definition) is 1. The highest BCUT2D eigenvalue weighted by molar-refractivity contribution is 8.18. The third kappa shape index (κ3) is 4.73. The van der Waals surface area contributed by atoms with Crippen LogP contribution in [0.4, 0.5) is 17.1 Å². The van der Waals surface area contributed by atoms with Crippen molar-refractivity contribution in [3.8, 4) is 11.5 Å². The van der Waals surface area contributed by atoms with E-state index in [1.165, 1.54) is 47.4 Å². The van der Waals surface area contributed by atoms with E-state index in [-0.39, 0.29) is 40.3 Å². The van der Waals surface area contributed by atoms with Crippen molar-refractivity contribution in [2.24, 2.45) is 4.99 Å². The number of amides is 1. The highest BCUT2D eigenvalue weighted by atomic mass is 32.2. The summed E-state index contributed by atoms with van der Waals surface area (Å²) in [6.07, 6.45) is 3.87. The molecule has 2 aliphatic rings. The molecular formula is C27H19N5O7S. The zero-order valence-corrected chi connectivity index (χ0v) is 21.4. The Morgan fingerprint density at radius 1 is 1.02 bits per heavy atom. The molecule has 4 aromatic rings. The number of carbonyl (C=O) groups excluding carboxylic acids is 1. The van der Waals surface area contributed by atoms with Crippen molar-refractivity contribution in [2.45, 2.75) is 6.42 Å². The summed E-state index contributed by atoms with van der Waals surface area (Å²) in [6, 6.07) is 16.3. The van der Waals surface area contributed by atoms with Crippen molar-refractivity contribution in [3.05, 3.63) is 103 Å². The lowest BCUT2D eigenvalue weighted by molar-refractivity contribution is -0.385. The van der Waals surface area contributed by atoms with Gasteiger partial charge in [0.15, 0.2) is 16.7 Å². The molecule has 12 nitrogen and oxygen atoms in total. The number of nitrogens with one attached hydrogen (secondary N) is 1. The van der Waals surface area contributed by atoms with E-state index in [1.54, 1.807) is 0 Å². The van der Waals surface area contributed by atoms with Gasteiger partial charge in [-0.1, -0.05) is 18.2 Å². The molecule has 0 spiro atoms. The largest absolute Gasteiger partial charge is 0.454 e. The van der Waals surface area contributed by atoms with Crippen molar-refractivity contribution in [2.75, 3.05) is 13.3 Å². The SMILES string of the molecule is O=C1/C(=C\c2cc3c(cc2[N+](=O)[O-])OCO3)SC(=Nc2ccc([N+](=O)[O-])cc2)N1CCc1c[nH]c2ccccc12. The van der Waals surface area contributed by atoms with E-state index in [1.807, 2.05) is 30.5 Å². The van der Waals surface area contributed by atoms with E-state index in [9.17, 15) is 25.0 Å². The van der Waals surface area contributed by atoms with Crippen LogP contribution in [0.3, 0.4) is 0 Å². The Kier molecular flexibility index (Phi) is 6.40. The molecule has 200 valence electrons. The highest BCUT2D eigenvalue weighted by Gasteiger charge is 2.34. The Bertz CT molecular complexity index is 1750. The first-order chi connectivity index (χ1) is 19.4. The van der Waals surface area contributed by atoms with Crippen LogP contribution in [-0.2, 0) is 11.2 Å². The molecule has 0 saturated carbocycles. The van der Waals surface area contributed by atoms with Crippen molar-refractivity contribution in [1.29, 1.82) is 0 Å². The number of fused-ring (bicyclic) bond motifs is 2. The number of amidine groups is 1. The summed E-state index contributed by atoms with van der Waals surface area (Å²) in [5, 5.41) is 24.2. The molecule has 0 radical (unpaired) electrons. The molecule has 0 unspecified atom stereocenters. The van der Waals surface area contributed by atoms with Crippen molar-refractivity contribution in [3.63, 3.8) is 0 Å². The fraction of sp³-hybridized carbons (Fsp3) is 0.111. The van der Waals surface area contributed by atoms with E-state index in [0.29, 0.717) is 29.6 Å². The van der Waals surface area contributed by atoms with Crippen LogP contribution in [-0.4, -0.2) is 44.1 Å². The number of rotatable bonds is 7. The van der Waals surface area contributed by atoms with Crippen LogP contribution >= 0.6 is 11.8 Å². The van der Waals surface area contributed by atoms with Gasteiger partial charge >= 0.3 is 0 Å². The molecule has 3 aromatic carbocycles. The van der Waals surface area contributed by atoms with E-state index >= 15 is 0 Å². The zero-order valence-electron chi connectivity index (χ0n) is 20.6. The number of non-ortho nitro benzene ring substituents is 1. The Hall–Kier alpha value is -5.17. The number of ether oxygens (including phenoxy) is 2. The quantitative estimate of drug-likeness (QED) is 0.176. The predicted molar refractivity (Wildman–Crippen MR) is 149 cm³/mol. The number of aliphatic imine (C=N–C) groups is 1. The number of H-pyrrole nitrogens is 1. The molecule has 0 atom stereocenters. The minimum Gasteiger partial charge on any atom is -0.454 e. The number of nitro benzene ring substituents is 2. The number of thioether (sulfide) groups is 1. The van der Waals surface area contributed by atoms with Crippen LogP contribution in [0.2, 0.25) is 0 Å². The molecular weight excluding hydrogens is 538 g/mol. The molecule has 6 rings (SSSR count). The number of carbonyl (C=O) groups is 1. The highest BCUT2D eigenvalue weighted by Crippen LogP contribution is 2.41. The Labute approximate surface area is 230 Å². The lowest BCUT2D eigenvalue weighted by Crippen LogP contribution is -2.31. The fourth-order valence-corrected chi connectivity index (χ4v) is 5.50. The second-order valence-corrected chi connectivity index (χ2v) is 9.88. The van der Waals surface area contributed by atoms with Gasteiger partial charge in [0.2, 0.25) is 6.79 Å². The van der Waals surface area contributed by atoms with E-state index in [2.05, 4.69) is 9.98 Å². The number of nitrogens with zero attached hydrogens (tertiary/aromatic N) is 4. The van der Waals surface area contributed by atoms with Gasteiger partial charge in [-0.05, 0) is 54.1 Å². The van der Waals surface area contributed by atoms with Crippen LogP contribution in [0.15, 0.2) is 76.8 Å². The van der Waals surface area contributed by atoms with Gasteiger partial charge in [0.1, 0.15) is 0 Å². The average Bonchev–Trinajstić information content (AvgIpc) is 3.65. The third-order valence-corrected chi connectivity index (χ3v) is 7.46. The molecule has 0 aliphatic carbocycles. The first-order valence-corrected chi connectivity index (χ1v) is 12.9. The molecule has 3 heterocycles. The van der Waals surface area contributed by atoms with Crippen LogP contribution in [0.1, 0.15) is 11.1 Å². The Morgan fingerprint density at radius 2 is 1.77 bits per heavy atom. The summed E-state index contributed by atoms with van der Waals surface area (Å²) in [5.41, 5.74) is 2.32. The average molecular weight is 558 g/mol. The normalized spacial score (nSPS) is 16.4. The van der Waals surface area contributed by atoms with E-state index < -0.39 is 9.85 Å². The summed E-state index contributed by atoms with van der Waals surface area (Å²) in [4.78, 5) is 45.0. The fourth-order valence-electron chi connectivity index (χ4n) is 4.48. The first kappa shape index (κ1) is 25.1. The summed E-state index contributed by atoms with van der Waals surface area (Å²) >= 11 is 1.07. The second-order valence-electron chi connectivity index (χ2n) is 8.87. The topological polar surface area (TPSA) is 153 Å². The van der Waals surface area contributed by atoms with Crippen molar-refractivity contribution >= 4 is 56.9 Å². The van der Waals surface area contributed by atoms with Gasteiger partial charge in [-0.3, -0.25) is 29.9 Å². The standard InChI is InChI=1S/C27H19N5O7S/c33-26-25(12-17-11-23-24(39-15-38-23)13-22(17)32(36)37)40-27(29-18-5-7-19(8-6-18)31(34)35)30(26)10-9-16-14-28-21-4-2-1-3-20(16)21/h1-8,11-14,28H,9-10,15H2/b25-12+,29-27?. The number of hydrogen-bond acceptors (Lipinski definition) is 9. The van der Waals surface area contributed by atoms with E-state index in [4.69, 9.17) is 9.47 Å². The lowest BCUT2D eigenvalue weighted by atomic mass is 10.1. The summed E-state index contributed by atoms with van der Waals surface area (Å²) < 4.78 is 10.6. The minimum atomic E-state index is -0.543. The smallest absolute Gasteiger partial charge is 0.280 e. The summed E-state index contributed by atoms with van der Waals surface area (Å²) in [6.45, 7) is 0.244. The van der Waals surface area contributed by atoms with Gasteiger partial charge in [0, 0.05) is 35.8 Å². The van der Waals surface area contributed by atoms with Gasteiger partial charge in [-0.2, -0.15) is 0 Å². The first-order valence-electron chi connectivity index (χ1n) is 12.0. The van der Waals surface area contributed by atoms with Gasteiger partial charge < -0.3 is 14.5 Å². The molecule has 1 saturated heterocycles. The van der Waals surface area contributed by atoms with Crippen LogP contribution in [0.5, 0.6) is 11.5 Å². The van der Waals surface area contributed by atoms with E-state index in [0.717, 1.165) is 28.2 Å². The van der Waals surface area contributed by atoms with Crippen molar-refractivity contribution in [1.82, 2.24) is 9.88 Å². The summed E-state index contributed by atoms with van der Waals surface area (Å²) in [5.74, 6) is 0.251. The maximum Gasteiger partial charge on any atom is 0.280 e. The second kappa shape index (κ2) is 10.2. The number of aromatic nitrogens is 1. The molecule has 40 heavy (non-hydrogen) atoms. The molecule has 2 aliphatic heterocycles. The third-order valence-electron chi connectivity index (χ3n) is 6.46. The predicted octanol–water partition coefficient (Wildman–Crippen LogP) is 5.56. The molecule has 1 fully saturated rings. The molecule has 0 bridgehead atoms. The van der Waals surface area contributed by atoms with Crippen LogP contribution in [0.25, 0.3) is 17.0 Å². The van der Waals surface area contributed by atoms with Gasteiger partial charge in [-0.15, -0.1) is 0 Å². The Morgan fingerprint density at radius 3 is 2.52 bits per heavy atom.